The fraction of sp³-hybridized carbons (Fsp3) is 0.316. The van der Waals surface area contributed by atoms with Crippen molar-refractivity contribution >= 4 is 27.5 Å². The second kappa shape index (κ2) is 7.83. The van der Waals surface area contributed by atoms with E-state index in [-0.39, 0.29) is 18.2 Å². The Balaban J connectivity index is 1.43. The summed E-state index contributed by atoms with van der Waals surface area (Å²) in [6, 6.07) is 8.76. The molecule has 1 fully saturated rings. The summed E-state index contributed by atoms with van der Waals surface area (Å²) in [6.45, 7) is 0.303. The lowest BCUT2D eigenvalue weighted by Crippen LogP contribution is -2.21. The maximum atomic E-state index is 13.3. The van der Waals surface area contributed by atoms with E-state index in [4.69, 9.17) is 0 Å². The number of hydrogen-bond acceptors (Lipinski definition) is 3. The number of carbonyl (C=O) groups is 1. The molecule has 1 amide bonds. The van der Waals surface area contributed by atoms with Gasteiger partial charge in [-0.2, -0.15) is 10.2 Å². The standard InChI is InChI=1S/C19H18BrF2N5O/c20-14-8-23-26(10-14)9-12-2-1-3-15(6-12)24-18(28)11-27-17(19(21)22)7-16(25-27)13-4-5-13/h1-3,6-8,10,13,19H,4-5,9,11H2,(H,24,28). The van der Waals surface area contributed by atoms with E-state index in [1.165, 1.54) is 6.07 Å². The number of alkyl halides is 2. The van der Waals surface area contributed by atoms with Gasteiger partial charge >= 0.3 is 0 Å². The van der Waals surface area contributed by atoms with E-state index >= 15 is 0 Å². The van der Waals surface area contributed by atoms with Gasteiger partial charge in [-0.25, -0.2) is 8.78 Å². The lowest BCUT2D eigenvalue weighted by Gasteiger charge is -2.09. The SMILES string of the molecule is O=C(Cn1nc(C2CC2)cc1C(F)F)Nc1cccc(Cn2cc(Br)cn2)c1. The van der Waals surface area contributed by atoms with Gasteiger partial charge in [0.25, 0.3) is 6.43 Å². The van der Waals surface area contributed by atoms with Gasteiger partial charge in [0.1, 0.15) is 12.2 Å². The molecule has 3 aromatic rings. The van der Waals surface area contributed by atoms with E-state index in [9.17, 15) is 13.6 Å². The van der Waals surface area contributed by atoms with Crippen molar-refractivity contribution < 1.29 is 13.6 Å². The minimum Gasteiger partial charge on any atom is -0.324 e. The van der Waals surface area contributed by atoms with Gasteiger partial charge in [-0.1, -0.05) is 12.1 Å². The van der Waals surface area contributed by atoms with Crippen LogP contribution in [0, 0.1) is 0 Å². The Morgan fingerprint density at radius 1 is 1.32 bits per heavy atom. The zero-order chi connectivity index (χ0) is 19.7. The van der Waals surface area contributed by atoms with E-state index < -0.39 is 12.3 Å². The Kier molecular flexibility index (Phi) is 5.25. The average Bonchev–Trinajstić information content (AvgIpc) is 3.28. The summed E-state index contributed by atoms with van der Waals surface area (Å²) in [6.07, 6.45) is 2.82. The Labute approximate surface area is 168 Å². The second-order valence-electron chi connectivity index (χ2n) is 6.83. The Morgan fingerprint density at radius 2 is 2.14 bits per heavy atom. The number of rotatable bonds is 7. The highest BCUT2D eigenvalue weighted by molar-refractivity contribution is 9.10. The topological polar surface area (TPSA) is 64.7 Å². The van der Waals surface area contributed by atoms with Crippen molar-refractivity contribution in [2.75, 3.05) is 5.32 Å². The predicted molar refractivity (Wildman–Crippen MR) is 103 cm³/mol. The minimum atomic E-state index is -2.66. The first-order valence-corrected chi connectivity index (χ1v) is 9.70. The number of nitrogens with one attached hydrogen (secondary N) is 1. The molecule has 0 saturated heterocycles. The summed E-state index contributed by atoms with van der Waals surface area (Å²) < 4.78 is 30.3. The average molecular weight is 450 g/mol. The molecule has 1 aliphatic carbocycles. The van der Waals surface area contributed by atoms with Crippen LogP contribution in [0.4, 0.5) is 14.5 Å². The number of carbonyl (C=O) groups excluding carboxylic acids is 1. The lowest BCUT2D eigenvalue weighted by molar-refractivity contribution is -0.117. The normalized spacial score (nSPS) is 13.9. The molecular weight excluding hydrogens is 432 g/mol. The smallest absolute Gasteiger partial charge is 0.280 e. The van der Waals surface area contributed by atoms with Crippen LogP contribution in [-0.2, 0) is 17.9 Å². The first-order valence-electron chi connectivity index (χ1n) is 8.90. The van der Waals surface area contributed by atoms with Crippen molar-refractivity contribution in [1.82, 2.24) is 19.6 Å². The molecule has 0 unspecified atom stereocenters. The maximum absolute atomic E-state index is 13.3. The number of aromatic nitrogens is 4. The number of anilines is 1. The predicted octanol–water partition coefficient (Wildman–Crippen LogP) is 4.34. The molecule has 6 nitrogen and oxygen atoms in total. The highest BCUT2D eigenvalue weighted by Crippen LogP contribution is 2.40. The molecule has 4 rings (SSSR count). The molecule has 0 bridgehead atoms. The molecule has 1 saturated carbocycles. The molecule has 0 aliphatic heterocycles. The summed E-state index contributed by atoms with van der Waals surface area (Å²) in [5.74, 6) is -0.146. The number of amides is 1. The third-order valence-electron chi connectivity index (χ3n) is 4.50. The highest BCUT2D eigenvalue weighted by atomic mass is 79.9. The van der Waals surface area contributed by atoms with Gasteiger partial charge in [-0.3, -0.25) is 14.2 Å². The lowest BCUT2D eigenvalue weighted by atomic mass is 10.2. The van der Waals surface area contributed by atoms with Gasteiger partial charge in [-0.05, 0) is 52.5 Å². The van der Waals surface area contributed by atoms with Crippen LogP contribution in [0.2, 0.25) is 0 Å². The van der Waals surface area contributed by atoms with Crippen LogP contribution in [0.1, 0.15) is 42.1 Å². The summed E-state index contributed by atoms with van der Waals surface area (Å²) in [5.41, 5.74) is 1.99. The third kappa shape index (κ3) is 4.46. The fourth-order valence-corrected chi connectivity index (χ4v) is 3.36. The minimum absolute atomic E-state index is 0.213. The van der Waals surface area contributed by atoms with Crippen LogP contribution in [0.25, 0.3) is 0 Å². The van der Waals surface area contributed by atoms with Crippen molar-refractivity contribution in [2.24, 2.45) is 0 Å². The monoisotopic (exact) mass is 449 g/mol. The summed E-state index contributed by atoms with van der Waals surface area (Å²) in [4.78, 5) is 12.4. The van der Waals surface area contributed by atoms with E-state index in [0.29, 0.717) is 17.9 Å². The zero-order valence-corrected chi connectivity index (χ0v) is 16.4. The van der Waals surface area contributed by atoms with Crippen LogP contribution in [0.15, 0.2) is 47.2 Å². The van der Waals surface area contributed by atoms with Crippen molar-refractivity contribution in [3.8, 4) is 0 Å². The van der Waals surface area contributed by atoms with Gasteiger partial charge in [0.05, 0.1) is 22.9 Å². The molecule has 9 heteroatoms. The molecule has 2 heterocycles. The van der Waals surface area contributed by atoms with Crippen molar-refractivity contribution in [2.45, 2.75) is 38.3 Å². The van der Waals surface area contributed by atoms with Gasteiger partial charge in [0.15, 0.2) is 0 Å². The summed E-state index contributed by atoms with van der Waals surface area (Å²) in [5, 5.41) is 11.2. The number of nitrogens with zero attached hydrogens (tertiary/aromatic N) is 4. The van der Waals surface area contributed by atoms with E-state index in [1.54, 1.807) is 16.9 Å². The molecule has 1 aliphatic rings. The highest BCUT2D eigenvalue weighted by Gasteiger charge is 2.29. The molecule has 2 aromatic heterocycles. The van der Waals surface area contributed by atoms with Crippen LogP contribution in [0.5, 0.6) is 0 Å². The quantitative estimate of drug-likeness (QED) is 0.583. The Bertz CT molecular complexity index is 996. The Morgan fingerprint density at radius 3 is 2.82 bits per heavy atom. The van der Waals surface area contributed by atoms with Crippen LogP contribution in [0.3, 0.4) is 0 Å². The molecule has 1 N–H and O–H groups in total. The van der Waals surface area contributed by atoms with E-state index in [1.807, 2.05) is 24.4 Å². The summed E-state index contributed by atoms with van der Waals surface area (Å²) >= 11 is 3.35. The Hall–Kier alpha value is -2.55. The van der Waals surface area contributed by atoms with Crippen LogP contribution in [-0.4, -0.2) is 25.5 Å². The summed E-state index contributed by atoms with van der Waals surface area (Å²) in [7, 11) is 0. The molecule has 0 radical (unpaired) electrons. The van der Waals surface area contributed by atoms with Crippen molar-refractivity contribution in [1.29, 1.82) is 0 Å². The van der Waals surface area contributed by atoms with Gasteiger partial charge in [0, 0.05) is 17.8 Å². The number of benzene rings is 1. The van der Waals surface area contributed by atoms with Gasteiger partial charge in [-0.15, -0.1) is 0 Å². The van der Waals surface area contributed by atoms with Crippen molar-refractivity contribution in [3.63, 3.8) is 0 Å². The molecular formula is C19H18BrF2N5O. The van der Waals surface area contributed by atoms with E-state index in [2.05, 4.69) is 31.4 Å². The zero-order valence-electron chi connectivity index (χ0n) is 14.9. The maximum Gasteiger partial charge on any atom is 0.280 e. The first kappa shape index (κ1) is 18.8. The van der Waals surface area contributed by atoms with Gasteiger partial charge < -0.3 is 5.32 Å². The number of halogens is 3. The molecule has 28 heavy (non-hydrogen) atoms. The first-order chi connectivity index (χ1) is 13.5. The molecule has 0 spiro atoms. The molecule has 0 atom stereocenters. The van der Waals surface area contributed by atoms with Gasteiger partial charge in [0.2, 0.25) is 5.91 Å². The molecule has 1 aromatic carbocycles. The third-order valence-corrected chi connectivity index (χ3v) is 4.91. The van der Waals surface area contributed by atoms with Crippen LogP contribution >= 0.6 is 15.9 Å². The van der Waals surface area contributed by atoms with Crippen molar-refractivity contribution in [3.05, 3.63) is 64.1 Å². The molecule has 146 valence electrons. The second-order valence-corrected chi connectivity index (χ2v) is 7.75. The largest absolute Gasteiger partial charge is 0.324 e. The number of hydrogen-bond donors (Lipinski definition) is 1. The fourth-order valence-electron chi connectivity index (χ4n) is 3.03. The van der Waals surface area contributed by atoms with E-state index in [0.717, 1.165) is 27.6 Å². The van der Waals surface area contributed by atoms with Crippen LogP contribution < -0.4 is 5.32 Å².